The van der Waals surface area contributed by atoms with Gasteiger partial charge >= 0.3 is 0 Å². The van der Waals surface area contributed by atoms with E-state index < -0.39 is 0 Å². The molecule has 1 aliphatic rings. The van der Waals surface area contributed by atoms with E-state index in [2.05, 4.69) is 23.3 Å². The highest BCUT2D eigenvalue weighted by atomic mass is 32.1. The van der Waals surface area contributed by atoms with Gasteiger partial charge in [0.15, 0.2) is 0 Å². The summed E-state index contributed by atoms with van der Waals surface area (Å²) >= 11 is 1.90. The second-order valence-electron chi connectivity index (χ2n) is 4.76. The van der Waals surface area contributed by atoms with Crippen molar-refractivity contribution < 1.29 is 0 Å². The lowest BCUT2D eigenvalue weighted by Gasteiger charge is -2.29. The zero-order valence-electron chi connectivity index (χ0n) is 10.1. The number of thiophene rings is 1. The van der Waals surface area contributed by atoms with Crippen LogP contribution in [0.15, 0.2) is 11.4 Å². The number of fused-ring (bicyclic) bond motifs is 1. The van der Waals surface area contributed by atoms with Gasteiger partial charge in [0.25, 0.3) is 0 Å². The monoisotopic (exact) mass is 238 g/mol. The van der Waals surface area contributed by atoms with Crippen LogP contribution in [-0.2, 0) is 13.0 Å². The minimum Gasteiger partial charge on any atom is -0.327 e. The molecule has 1 aromatic rings. The summed E-state index contributed by atoms with van der Waals surface area (Å²) in [5, 5.41) is 2.21. The van der Waals surface area contributed by atoms with Crippen LogP contribution >= 0.6 is 11.3 Å². The molecule has 2 rings (SSSR count). The Morgan fingerprint density at radius 3 is 3.25 bits per heavy atom. The molecule has 2 N–H and O–H groups in total. The molecule has 1 aliphatic heterocycles. The summed E-state index contributed by atoms with van der Waals surface area (Å²) in [6.45, 7) is 5.59. The van der Waals surface area contributed by atoms with Gasteiger partial charge in [-0.3, -0.25) is 4.90 Å². The summed E-state index contributed by atoms with van der Waals surface area (Å²) in [4.78, 5) is 4.09. The van der Waals surface area contributed by atoms with Crippen LogP contribution in [0.25, 0.3) is 0 Å². The van der Waals surface area contributed by atoms with Gasteiger partial charge < -0.3 is 5.73 Å². The maximum Gasteiger partial charge on any atom is 0.0245 e. The SMILES string of the molecule is CCCCC(N)CN1CCc2sccc2C1. The summed E-state index contributed by atoms with van der Waals surface area (Å²) < 4.78 is 0. The average Bonchev–Trinajstić information content (AvgIpc) is 2.73. The summed E-state index contributed by atoms with van der Waals surface area (Å²) in [5.41, 5.74) is 7.67. The molecule has 2 nitrogen and oxygen atoms in total. The number of hydrogen-bond donors (Lipinski definition) is 1. The lowest BCUT2D eigenvalue weighted by molar-refractivity contribution is 0.235. The molecule has 16 heavy (non-hydrogen) atoms. The molecule has 0 aliphatic carbocycles. The van der Waals surface area contributed by atoms with Crippen LogP contribution in [0.2, 0.25) is 0 Å². The van der Waals surface area contributed by atoms with E-state index in [1.165, 1.54) is 37.8 Å². The lowest BCUT2D eigenvalue weighted by atomic mass is 10.1. The first-order valence-electron chi connectivity index (χ1n) is 6.32. The molecule has 0 bridgehead atoms. The van der Waals surface area contributed by atoms with Crippen LogP contribution in [0, 0.1) is 0 Å². The second-order valence-corrected chi connectivity index (χ2v) is 5.76. The third-order valence-electron chi connectivity index (χ3n) is 3.31. The van der Waals surface area contributed by atoms with Gasteiger partial charge in [0.2, 0.25) is 0 Å². The van der Waals surface area contributed by atoms with Crippen molar-refractivity contribution in [2.45, 2.75) is 45.2 Å². The van der Waals surface area contributed by atoms with E-state index in [9.17, 15) is 0 Å². The van der Waals surface area contributed by atoms with Gasteiger partial charge in [0, 0.05) is 30.6 Å². The Morgan fingerprint density at radius 2 is 2.44 bits per heavy atom. The number of nitrogens with zero attached hydrogens (tertiary/aromatic N) is 1. The van der Waals surface area contributed by atoms with Crippen LogP contribution in [0.5, 0.6) is 0 Å². The zero-order chi connectivity index (χ0) is 11.4. The fraction of sp³-hybridized carbons (Fsp3) is 0.692. The second kappa shape index (κ2) is 5.80. The highest BCUT2D eigenvalue weighted by Crippen LogP contribution is 2.24. The number of nitrogens with two attached hydrogens (primary N) is 1. The van der Waals surface area contributed by atoms with Crippen molar-refractivity contribution in [3.8, 4) is 0 Å². The van der Waals surface area contributed by atoms with Gasteiger partial charge in [0.05, 0.1) is 0 Å². The fourth-order valence-corrected chi connectivity index (χ4v) is 3.24. The molecule has 0 aromatic carbocycles. The van der Waals surface area contributed by atoms with E-state index in [1.54, 1.807) is 4.88 Å². The number of unbranched alkanes of at least 4 members (excludes halogenated alkanes) is 1. The van der Waals surface area contributed by atoms with E-state index in [-0.39, 0.29) is 0 Å². The zero-order valence-corrected chi connectivity index (χ0v) is 10.9. The van der Waals surface area contributed by atoms with E-state index >= 15 is 0 Å². The van der Waals surface area contributed by atoms with Gasteiger partial charge in [-0.2, -0.15) is 0 Å². The van der Waals surface area contributed by atoms with Crippen molar-refractivity contribution in [2.24, 2.45) is 5.73 Å². The summed E-state index contributed by atoms with van der Waals surface area (Å²) in [6.07, 6.45) is 4.90. The molecule has 1 atom stereocenters. The van der Waals surface area contributed by atoms with Crippen LogP contribution in [0.1, 0.15) is 36.6 Å². The van der Waals surface area contributed by atoms with Crippen LogP contribution in [-0.4, -0.2) is 24.0 Å². The van der Waals surface area contributed by atoms with Crippen molar-refractivity contribution in [3.05, 3.63) is 21.9 Å². The molecule has 0 amide bonds. The maximum absolute atomic E-state index is 6.15. The number of hydrogen-bond acceptors (Lipinski definition) is 3. The highest BCUT2D eigenvalue weighted by Gasteiger charge is 2.18. The molecule has 0 saturated carbocycles. The molecule has 0 radical (unpaired) electrons. The lowest BCUT2D eigenvalue weighted by Crippen LogP contribution is -2.39. The van der Waals surface area contributed by atoms with E-state index in [4.69, 9.17) is 5.73 Å². The Morgan fingerprint density at radius 1 is 1.56 bits per heavy atom. The first-order chi connectivity index (χ1) is 7.79. The molecule has 2 heterocycles. The third kappa shape index (κ3) is 3.06. The molecule has 0 spiro atoms. The predicted octanol–water partition coefficient (Wildman–Crippen LogP) is 2.62. The number of rotatable bonds is 5. The minimum atomic E-state index is 0.361. The van der Waals surface area contributed by atoms with Crippen LogP contribution in [0.4, 0.5) is 0 Å². The quantitative estimate of drug-likeness (QED) is 0.854. The fourth-order valence-electron chi connectivity index (χ4n) is 2.35. The highest BCUT2D eigenvalue weighted by molar-refractivity contribution is 7.10. The van der Waals surface area contributed by atoms with Crippen LogP contribution < -0.4 is 5.73 Å². The minimum absolute atomic E-state index is 0.361. The van der Waals surface area contributed by atoms with Gasteiger partial charge in [0.1, 0.15) is 0 Å². The summed E-state index contributed by atoms with van der Waals surface area (Å²) in [6, 6.07) is 2.63. The molecular weight excluding hydrogens is 216 g/mol. The van der Waals surface area contributed by atoms with Gasteiger partial charge in [-0.15, -0.1) is 11.3 Å². The van der Waals surface area contributed by atoms with Gasteiger partial charge in [-0.25, -0.2) is 0 Å². The molecule has 90 valence electrons. The standard InChI is InChI=1S/C13H22N2S/c1-2-3-4-12(14)10-15-7-5-13-11(9-15)6-8-16-13/h6,8,12H,2-5,7,9-10,14H2,1H3. The van der Waals surface area contributed by atoms with E-state index in [0.717, 1.165) is 13.1 Å². The van der Waals surface area contributed by atoms with E-state index in [0.29, 0.717) is 6.04 Å². The third-order valence-corrected chi connectivity index (χ3v) is 4.33. The predicted molar refractivity (Wildman–Crippen MR) is 70.8 cm³/mol. The van der Waals surface area contributed by atoms with Crippen LogP contribution in [0.3, 0.4) is 0 Å². The Kier molecular flexibility index (Phi) is 4.38. The molecule has 1 aromatic heterocycles. The van der Waals surface area contributed by atoms with Crippen molar-refractivity contribution >= 4 is 11.3 Å². The molecule has 1 unspecified atom stereocenters. The Labute approximate surface area is 102 Å². The van der Waals surface area contributed by atoms with Crippen molar-refractivity contribution in [1.29, 1.82) is 0 Å². The maximum atomic E-state index is 6.15. The Hall–Kier alpha value is -0.380. The summed E-state index contributed by atoms with van der Waals surface area (Å²) in [7, 11) is 0. The van der Waals surface area contributed by atoms with Gasteiger partial charge in [-0.05, 0) is 29.9 Å². The van der Waals surface area contributed by atoms with E-state index in [1.807, 2.05) is 11.3 Å². The molecule has 3 heteroatoms. The van der Waals surface area contributed by atoms with Crippen molar-refractivity contribution in [2.75, 3.05) is 13.1 Å². The molecular formula is C13H22N2S. The Bertz CT molecular complexity index is 321. The Balaban J connectivity index is 1.80. The van der Waals surface area contributed by atoms with Gasteiger partial charge in [-0.1, -0.05) is 19.8 Å². The largest absolute Gasteiger partial charge is 0.327 e. The smallest absolute Gasteiger partial charge is 0.0245 e. The van der Waals surface area contributed by atoms with Crippen molar-refractivity contribution in [1.82, 2.24) is 4.90 Å². The van der Waals surface area contributed by atoms with Crippen molar-refractivity contribution in [3.63, 3.8) is 0 Å². The first kappa shape index (κ1) is 12.1. The normalized spacial score (nSPS) is 18.4. The first-order valence-corrected chi connectivity index (χ1v) is 7.20. The topological polar surface area (TPSA) is 29.3 Å². The average molecular weight is 238 g/mol. The molecule has 0 saturated heterocycles. The molecule has 0 fully saturated rings. The summed E-state index contributed by atoms with van der Waals surface area (Å²) in [5.74, 6) is 0.